The summed E-state index contributed by atoms with van der Waals surface area (Å²) in [7, 11) is 0. The van der Waals surface area contributed by atoms with Crippen molar-refractivity contribution in [3.05, 3.63) is 100 Å². The summed E-state index contributed by atoms with van der Waals surface area (Å²) in [5, 5.41) is 27.4. The number of hydrogen-bond acceptors (Lipinski definition) is 4. The maximum Gasteiger partial charge on any atom is 0.305 e. The summed E-state index contributed by atoms with van der Waals surface area (Å²) in [5.74, 6) is -2.00. The Balaban J connectivity index is 1.58. The van der Waals surface area contributed by atoms with E-state index in [9.17, 15) is 19.8 Å². The number of nitrogens with zero attached hydrogens (tertiary/aromatic N) is 2. The predicted octanol–water partition coefficient (Wildman–Crippen LogP) is 5.50. The van der Waals surface area contributed by atoms with Gasteiger partial charge in [-0.15, -0.1) is 0 Å². The highest BCUT2D eigenvalue weighted by atomic mass is 35.5. The van der Waals surface area contributed by atoms with Gasteiger partial charge in [0, 0.05) is 16.7 Å². The highest BCUT2D eigenvalue weighted by Gasteiger charge is 2.22. The van der Waals surface area contributed by atoms with Gasteiger partial charge in [0.1, 0.15) is 0 Å². The SMILES string of the molecule is O=C(O)CC(NC(=O)c1cc(O)n(-c2ccccc2Cl)n1)c1ccc(-c2ccccc2Cl)cc1. The third-order valence-corrected chi connectivity index (χ3v) is 5.84. The van der Waals surface area contributed by atoms with Gasteiger partial charge < -0.3 is 15.5 Å². The summed E-state index contributed by atoms with van der Waals surface area (Å²) in [6.45, 7) is 0. The molecule has 0 saturated carbocycles. The van der Waals surface area contributed by atoms with Crippen molar-refractivity contribution in [2.75, 3.05) is 0 Å². The van der Waals surface area contributed by atoms with Crippen molar-refractivity contribution in [1.82, 2.24) is 15.1 Å². The zero-order valence-electron chi connectivity index (χ0n) is 17.7. The second-order valence-electron chi connectivity index (χ2n) is 7.48. The largest absolute Gasteiger partial charge is 0.493 e. The molecule has 34 heavy (non-hydrogen) atoms. The minimum Gasteiger partial charge on any atom is -0.493 e. The van der Waals surface area contributed by atoms with Crippen LogP contribution in [0, 0.1) is 0 Å². The number of nitrogens with one attached hydrogen (secondary N) is 1. The number of carbonyl (C=O) groups is 2. The number of amides is 1. The van der Waals surface area contributed by atoms with Gasteiger partial charge in [0.2, 0.25) is 5.88 Å². The van der Waals surface area contributed by atoms with Gasteiger partial charge in [-0.25, -0.2) is 0 Å². The van der Waals surface area contributed by atoms with E-state index in [0.29, 0.717) is 21.3 Å². The van der Waals surface area contributed by atoms with E-state index in [1.807, 2.05) is 30.3 Å². The van der Waals surface area contributed by atoms with E-state index < -0.39 is 17.9 Å². The van der Waals surface area contributed by atoms with Crippen LogP contribution < -0.4 is 5.32 Å². The van der Waals surface area contributed by atoms with Gasteiger partial charge in [0.25, 0.3) is 5.91 Å². The monoisotopic (exact) mass is 495 g/mol. The molecule has 172 valence electrons. The summed E-state index contributed by atoms with van der Waals surface area (Å²) in [4.78, 5) is 24.4. The molecule has 0 aliphatic heterocycles. The van der Waals surface area contributed by atoms with E-state index in [1.54, 1.807) is 42.5 Å². The number of para-hydroxylation sites is 1. The highest BCUT2D eigenvalue weighted by Crippen LogP contribution is 2.29. The van der Waals surface area contributed by atoms with Crippen LogP contribution in [0.15, 0.2) is 78.9 Å². The Hall–Kier alpha value is -3.81. The molecule has 0 aliphatic rings. The van der Waals surface area contributed by atoms with Crippen molar-refractivity contribution in [3.63, 3.8) is 0 Å². The van der Waals surface area contributed by atoms with Crippen molar-refractivity contribution >= 4 is 35.1 Å². The molecule has 0 radical (unpaired) electrons. The molecule has 0 aliphatic carbocycles. The number of aromatic nitrogens is 2. The smallest absolute Gasteiger partial charge is 0.305 e. The summed E-state index contributed by atoms with van der Waals surface area (Å²) >= 11 is 12.4. The molecule has 4 aromatic rings. The average Bonchev–Trinajstić information content (AvgIpc) is 3.20. The molecule has 0 saturated heterocycles. The number of hydrogen-bond donors (Lipinski definition) is 3. The third kappa shape index (κ3) is 5.06. The summed E-state index contributed by atoms with van der Waals surface area (Å²) in [6, 6.07) is 21.6. The molecular weight excluding hydrogens is 477 g/mol. The Morgan fingerprint density at radius 3 is 2.24 bits per heavy atom. The van der Waals surface area contributed by atoms with Crippen molar-refractivity contribution in [2.24, 2.45) is 0 Å². The van der Waals surface area contributed by atoms with Crippen molar-refractivity contribution in [1.29, 1.82) is 0 Å². The van der Waals surface area contributed by atoms with Gasteiger partial charge in [-0.05, 0) is 29.3 Å². The van der Waals surface area contributed by atoms with Gasteiger partial charge in [0.05, 0.1) is 23.2 Å². The Bertz CT molecular complexity index is 1350. The maximum atomic E-state index is 12.9. The minimum atomic E-state index is -1.08. The predicted molar refractivity (Wildman–Crippen MR) is 130 cm³/mol. The number of carboxylic acids is 1. The second kappa shape index (κ2) is 9.99. The summed E-state index contributed by atoms with van der Waals surface area (Å²) in [5.41, 5.74) is 2.62. The van der Waals surface area contributed by atoms with Gasteiger partial charge in [0.15, 0.2) is 5.69 Å². The van der Waals surface area contributed by atoms with Gasteiger partial charge >= 0.3 is 5.97 Å². The number of aliphatic carboxylic acids is 1. The fourth-order valence-corrected chi connectivity index (χ4v) is 3.99. The number of halogens is 2. The van der Waals surface area contributed by atoms with Crippen LogP contribution in [0.3, 0.4) is 0 Å². The van der Waals surface area contributed by atoms with E-state index in [4.69, 9.17) is 23.2 Å². The lowest BCUT2D eigenvalue weighted by atomic mass is 9.99. The van der Waals surface area contributed by atoms with Crippen LogP contribution in [0.2, 0.25) is 10.0 Å². The van der Waals surface area contributed by atoms with Crippen LogP contribution in [0.4, 0.5) is 0 Å². The summed E-state index contributed by atoms with van der Waals surface area (Å²) < 4.78 is 1.14. The fraction of sp³-hybridized carbons (Fsp3) is 0.0800. The molecule has 0 fully saturated rings. The topological polar surface area (TPSA) is 104 Å². The van der Waals surface area contributed by atoms with Crippen LogP contribution in [-0.4, -0.2) is 31.9 Å². The van der Waals surface area contributed by atoms with Crippen LogP contribution in [0.5, 0.6) is 5.88 Å². The summed E-state index contributed by atoms with van der Waals surface area (Å²) in [6.07, 6.45) is -0.339. The first kappa shape index (κ1) is 23.4. The van der Waals surface area contributed by atoms with E-state index in [0.717, 1.165) is 15.8 Å². The lowest BCUT2D eigenvalue weighted by Crippen LogP contribution is -2.30. The molecule has 0 bridgehead atoms. The highest BCUT2D eigenvalue weighted by molar-refractivity contribution is 6.33. The molecule has 3 aromatic carbocycles. The van der Waals surface area contributed by atoms with Crippen molar-refractivity contribution in [2.45, 2.75) is 12.5 Å². The van der Waals surface area contributed by atoms with Crippen molar-refractivity contribution < 1.29 is 19.8 Å². The molecule has 0 spiro atoms. The zero-order chi connectivity index (χ0) is 24.2. The zero-order valence-corrected chi connectivity index (χ0v) is 19.2. The molecule has 3 N–H and O–H groups in total. The first-order chi connectivity index (χ1) is 16.3. The quantitative estimate of drug-likeness (QED) is 0.314. The minimum absolute atomic E-state index is 0.0829. The van der Waals surface area contributed by atoms with E-state index >= 15 is 0 Å². The van der Waals surface area contributed by atoms with Gasteiger partial charge in [-0.3, -0.25) is 9.59 Å². The van der Waals surface area contributed by atoms with Crippen LogP contribution in [0.25, 0.3) is 16.8 Å². The normalized spacial score (nSPS) is 11.7. The molecule has 1 aromatic heterocycles. The lowest BCUT2D eigenvalue weighted by Gasteiger charge is -2.17. The van der Waals surface area contributed by atoms with Gasteiger partial charge in [-0.2, -0.15) is 9.78 Å². The Morgan fingerprint density at radius 2 is 1.59 bits per heavy atom. The number of benzene rings is 3. The molecule has 1 heterocycles. The maximum absolute atomic E-state index is 12.9. The molecule has 1 unspecified atom stereocenters. The standard InChI is InChI=1S/C25H19Cl2N3O4/c26-18-6-2-1-5-17(18)15-9-11-16(12-10-15)20(14-24(32)33)28-25(34)21-13-23(31)30(29-21)22-8-4-3-7-19(22)27/h1-13,20,31H,14H2,(H,28,34)(H,32,33). The molecule has 7 nitrogen and oxygen atoms in total. The molecule has 9 heteroatoms. The number of aromatic hydroxyl groups is 1. The van der Waals surface area contributed by atoms with Crippen LogP contribution >= 0.6 is 23.2 Å². The Labute approximate surface area is 205 Å². The molecule has 1 atom stereocenters. The van der Waals surface area contributed by atoms with Crippen LogP contribution in [-0.2, 0) is 4.79 Å². The number of carbonyl (C=O) groups excluding carboxylic acids is 1. The third-order valence-electron chi connectivity index (χ3n) is 5.19. The van der Waals surface area contributed by atoms with E-state index in [1.165, 1.54) is 6.07 Å². The Morgan fingerprint density at radius 1 is 0.941 bits per heavy atom. The first-order valence-electron chi connectivity index (χ1n) is 10.2. The average molecular weight is 496 g/mol. The number of carboxylic acid groups (broad SMARTS) is 1. The first-order valence-corrected chi connectivity index (χ1v) is 11.0. The van der Waals surface area contributed by atoms with Gasteiger partial charge in [-0.1, -0.05) is 77.8 Å². The molecular formula is C25H19Cl2N3O4. The van der Waals surface area contributed by atoms with Crippen LogP contribution in [0.1, 0.15) is 28.5 Å². The van der Waals surface area contributed by atoms with E-state index in [2.05, 4.69) is 10.4 Å². The second-order valence-corrected chi connectivity index (χ2v) is 8.29. The Kier molecular flexibility index (Phi) is 6.86. The number of rotatable bonds is 7. The van der Waals surface area contributed by atoms with Crippen molar-refractivity contribution in [3.8, 4) is 22.7 Å². The lowest BCUT2D eigenvalue weighted by molar-refractivity contribution is -0.137. The van der Waals surface area contributed by atoms with E-state index in [-0.39, 0.29) is 18.0 Å². The molecule has 1 amide bonds. The molecule has 4 rings (SSSR count). The fourth-order valence-electron chi connectivity index (χ4n) is 3.53.